The topological polar surface area (TPSA) is 29.1 Å². The van der Waals surface area contributed by atoms with Gasteiger partial charge >= 0.3 is 0 Å². The number of carbonyl (C=O) groups is 1. The Morgan fingerprint density at radius 1 is 1.18 bits per heavy atom. The zero-order valence-corrected chi connectivity index (χ0v) is 11.4. The molecule has 0 spiro atoms. The van der Waals surface area contributed by atoms with Gasteiger partial charge in [-0.05, 0) is 38.0 Å². The van der Waals surface area contributed by atoms with E-state index in [9.17, 15) is 4.79 Å². The maximum absolute atomic E-state index is 12.5. The Morgan fingerprint density at radius 2 is 1.76 bits per heavy atom. The van der Waals surface area contributed by atoms with E-state index in [0.717, 1.165) is 19.3 Å². The molecule has 0 aromatic rings. The lowest BCUT2D eigenvalue weighted by Crippen LogP contribution is -2.44. The molecule has 0 saturated heterocycles. The summed E-state index contributed by atoms with van der Waals surface area (Å²) in [4.78, 5) is 12.5. The number of hydrogen-bond acceptors (Lipinski definition) is 1. The Hall–Kier alpha value is -0.530. The van der Waals surface area contributed by atoms with Gasteiger partial charge in [-0.1, -0.05) is 39.5 Å². The molecule has 0 aliphatic heterocycles. The van der Waals surface area contributed by atoms with Gasteiger partial charge in [0.05, 0.1) is 0 Å². The Labute approximate surface area is 106 Å². The largest absolute Gasteiger partial charge is 0.353 e. The van der Waals surface area contributed by atoms with Crippen molar-refractivity contribution in [2.75, 3.05) is 0 Å². The first-order chi connectivity index (χ1) is 8.12. The molecule has 2 rings (SSSR count). The maximum atomic E-state index is 12.5. The normalized spacial score (nSPS) is 24.4. The van der Waals surface area contributed by atoms with Crippen LogP contribution in [0.4, 0.5) is 0 Å². The molecule has 1 N–H and O–H groups in total. The van der Waals surface area contributed by atoms with Crippen LogP contribution in [0.25, 0.3) is 0 Å². The molecule has 0 aromatic heterocycles. The van der Waals surface area contributed by atoms with Gasteiger partial charge in [-0.15, -0.1) is 0 Å². The molecule has 1 amide bonds. The number of amides is 1. The van der Waals surface area contributed by atoms with Gasteiger partial charge in [0.1, 0.15) is 0 Å². The average molecular weight is 237 g/mol. The molecular formula is C15H27NO. The summed E-state index contributed by atoms with van der Waals surface area (Å²) in [6, 6.07) is 0.479. The van der Waals surface area contributed by atoms with Gasteiger partial charge in [-0.3, -0.25) is 4.79 Å². The molecule has 98 valence electrons. The summed E-state index contributed by atoms with van der Waals surface area (Å²) in [7, 11) is 0. The van der Waals surface area contributed by atoms with E-state index < -0.39 is 0 Å². The van der Waals surface area contributed by atoms with E-state index in [-0.39, 0.29) is 5.41 Å². The highest BCUT2D eigenvalue weighted by Crippen LogP contribution is 2.43. The smallest absolute Gasteiger partial charge is 0.226 e. The highest BCUT2D eigenvalue weighted by molar-refractivity contribution is 5.83. The van der Waals surface area contributed by atoms with E-state index in [2.05, 4.69) is 19.2 Å². The van der Waals surface area contributed by atoms with Gasteiger partial charge in [0, 0.05) is 11.5 Å². The summed E-state index contributed by atoms with van der Waals surface area (Å²) in [5.74, 6) is 0.998. The lowest BCUT2D eigenvalue weighted by Gasteiger charge is -2.31. The van der Waals surface area contributed by atoms with Crippen molar-refractivity contribution in [2.24, 2.45) is 11.3 Å². The third-order valence-electron chi connectivity index (χ3n) is 4.53. The minimum atomic E-state index is -0.0171. The SMILES string of the molecule is CC(C)CC1(C(=O)NC2CCCC2)CCCC1. The second-order valence-electron chi connectivity index (χ2n) is 6.54. The highest BCUT2D eigenvalue weighted by Gasteiger charge is 2.41. The summed E-state index contributed by atoms with van der Waals surface area (Å²) in [6.45, 7) is 4.48. The van der Waals surface area contributed by atoms with Crippen molar-refractivity contribution in [3.8, 4) is 0 Å². The summed E-state index contributed by atoms with van der Waals surface area (Å²) < 4.78 is 0. The van der Waals surface area contributed by atoms with E-state index in [4.69, 9.17) is 0 Å². The molecule has 2 saturated carbocycles. The van der Waals surface area contributed by atoms with Crippen LogP contribution in [0.3, 0.4) is 0 Å². The van der Waals surface area contributed by atoms with Crippen molar-refractivity contribution in [1.82, 2.24) is 5.32 Å². The molecule has 2 aliphatic carbocycles. The van der Waals surface area contributed by atoms with Crippen LogP contribution in [0, 0.1) is 11.3 Å². The minimum absolute atomic E-state index is 0.0171. The Balaban J connectivity index is 1.97. The van der Waals surface area contributed by atoms with Gasteiger partial charge in [-0.25, -0.2) is 0 Å². The first-order valence-electron chi connectivity index (χ1n) is 7.43. The van der Waals surface area contributed by atoms with Crippen molar-refractivity contribution in [1.29, 1.82) is 0 Å². The van der Waals surface area contributed by atoms with E-state index in [1.54, 1.807) is 0 Å². The molecule has 2 fully saturated rings. The Morgan fingerprint density at radius 3 is 2.29 bits per heavy atom. The van der Waals surface area contributed by atoms with Crippen LogP contribution in [-0.4, -0.2) is 11.9 Å². The lowest BCUT2D eigenvalue weighted by molar-refractivity contribution is -0.132. The first kappa shape index (κ1) is 12.9. The molecule has 0 radical (unpaired) electrons. The van der Waals surface area contributed by atoms with Crippen LogP contribution >= 0.6 is 0 Å². The van der Waals surface area contributed by atoms with Crippen LogP contribution in [0.2, 0.25) is 0 Å². The van der Waals surface area contributed by atoms with Gasteiger partial charge in [0.2, 0.25) is 5.91 Å². The van der Waals surface area contributed by atoms with Crippen LogP contribution in [-0.2, 0) is 4.79 Å². The monoisotopic (exact) mass is 237 g/mol. The van der Waals surface area contributed by atoms with E-state index >= 15 is 0 Å². The molecule has 0 unspecified atom stereocenters. The predicted octanol–water partition coefficient (Wildman–Crippen LogP) is 3.65. The second-order valence-corrected chi connectivity index (χ2v) is 6.54. The fourth-order valence-electron chi connectivity index (χ4n) is 3.77. The fraction of sp³-hybridized carbons (Fsp3) is 0.933. The van der Waals surface area contributed by atoms with Crippen molar-refractivity contribution >= 4 is 5.91 Å². The third-order valence-corrected chi connectivity index (χ3v) is 4.53. The van der Waals surface area contributed by atoms with Crippen LogP contribution in [0.15, 0.2) is 0 Å². The maximum Gasteiger partial charge on any atom is 0.226 e. The average Bonchev–Trinajstić information content (AvgIpc) is 2.88. The Kier molecular flexibility index (Phi) is 4.11. The summed E-state index contributed by atoms with van der Waals surface area (Å²) in [5, 5.41) is 3.33. The molecule has 0 bridgehead atoms. The van der Waals surface area contributed by atoms with Gasteiger partial charge in [-0.2, -0.15) is 0 Å². The first-order valence-corrected chi connectivity index (χ1v) is 7.43. The van der Waals surface area contributed by atoms with Crippen molar-refractivity contribution < 1.29 is 4.79 Å². The minimum Gasteiger partial charge on any atom is -0.353 e. The molecule has 2 heteroatoms. The molecule has 2 aliphatic rings. The van der Waals surface area contributed by atoms with E-state index in [1.165, 1.54) is 38.5 Å². The summed E-state index contributed by atoms with van der Waals surface area (Å²) >= 11 is 0. The van der Waals surface area contributed by atoms with Crippen molar-refractivity contribution in [2.45, 2.75) is 77.7 Å². The van der Waals surface area contributed by atoms with Gasteiger partial charge in [0.15, 0.2) is 0 Å². The standard InChI is InChI=1S/C15H27NO/c1-12(2)11-15(9-5-6-10-15)14(17)16-13-7-3-4-8-13/h12-13H,3-11H2,1-2H3,(H,16,17). The highest BCUT2D eigenvalue weighted by atomic mass is 16.2. The molecule has 0 heterocycles. The van der Waals surface area contributed by atoms with Crippen LogP contribution < -0.4 is 5.32 Å². The summed E-state index contributed by atoms with van der Waals surface area (Å²) in [6.07, 6.45) is 10.8. The number of nitrogens with one attached hydrogen (secondary N) is 1. The van der Waals surface area contributed by atoms with E-state index in [0.29, 0.717) is 17.9 Å². The zero-order chi connectivity index (χ0) is 12.3. The lowest BCUT2D eigenvalue weighted by atomic mass is 9.77. The van der Waals surface area contributed by atoms with Crippen LogP contribution in [0.1, 0.15) is 71.6 Å². The van der Waals surface area contributed by atoms with Crippen molar-refractivity contribution in [3.05, 3.63) is 0 Å². The van der Waals surface area contributed by atoms with Crippen molar-refractivity contribution in [3.63, 3.8) is 0 Å². The molecule has 2 nitrogen and oxygen atoms in total. The molecule has 0 aromatic carbocycles. The zero-order valence-electron chi connectivity index (χ0n) is 11.4. The number of carbonyl (C=O) groups excluding carboxylic acids is 1. The Bertz CT molecular complexity index is 260. The molecular weight excluding hydrogens is 210 g/mol. The molecule has 17 heavy (non-hydrogen) atoms. The van der Waals surface area contributed by atoms with Crippen LogP contribution in [0.5, 0.6) is 0 Å². The van der Waals surface area contributed by atoms with Gasteiger partial charge < -0.3 is 5.32 Å². The third kappa shape index (κ3) is 3.02. The fourth-order valence-corrected chi connectivity index (χ4v) is 3.77. The number of hydrogen-bond donors (Lipinski definition) is 1. The van der Waals surface area contributed by atoms with E-state index in [1.807, 2.05) is 0 Å². The quantitative estimate of drug-likeness (QED) is 0.794. The molecule has 0 atom stereocenters. The summed E-state index contributed by atoms with van der Waals surface area (Å²) in [5.41, 5.74) is -0.0171. The van der Waals surface area contributed by atoms with Gasteiger partial charge in [0.25, 0.3) is 0 Å². The second kappa shape index (κ2) is 5.41. The number of rotatable bonds is 4. The predicted molar refractivity (Wildman–Crippen MR) is 70.8 cm³/mol.